The van der Waals surface area contributed by atoms with Crippen LogP contribution >= 0.6 is 0 Å². The molecule has 0 aliphatic rings. The summed E-state index contributed by atoms with van der Waals surface area (Å²) >= 11 is 0. The fourth-order valence-electron chi connectivity index (χ4n) is 3.55. The Bertz CT molecular complexity index is 1090. The molecule has 1 N–H and O–H groups in total. The molecule has 0 spiro atoms. The average Bonchev–Trinajstić information content (AvgIpc) is 2.80. The van der Waals surface area contributed by atoms with Crippen LogP contribution in [0.5, 0.6) is 0 Å². The lowest BCUT2D eigenvalue weighted by molar-refractivity contribution is -0.140. The van der Waals surface area contributed by atoms with E-state index in [9.17, 15) is 22.4 Å². The Morgan fingerprint density at radius 1 is 1.03 bits per heavy atom. The molecule has 2 rings (SSSR count). The summed E-state index contributed by atoms with van der Waals surface area (Å²) in [5, 5.41) is 2.90. The number of halogens is 1. The fourth-order valence-corrected chi connectivity index (χ4v) is 4.51. The maximum atomic E-state index is 13.4. The number of amides is 2. The maximum absolute atomic E-state index is 13.4. The van der Waals surface area contributed by atoms with Crippen molar-refractivity contribution >= 4 is 27.5 Å². The molecule has 0 aliphatic heterocycles. The van der Waals surface area contributed by atoms with Gasteiger partial charge in [-0.2, -0.15) is 0 Å². The smallest absolute Gasteiger partial charge is 0.242 e. The van der Waals surface area contributed by atoms with E-state index in [1.54, 1.807) is 31.2 Å². The molecule has 2 aromatic rings. The predicted octanol–water partition coefficient (Wildman–Crippen LogP) is 4.01. The maximum Gasteiger partial charge on any atom is 0.242 e. The van der Waals surface area contributed by atoms with Gasteiger partial charge in [-0.05, 0) is 63.4 Å². The Morgan fingerprint density at radius 2 is 1.63 bits per heavy atom. The molecule has 0 radical (unpaired) electrons. The third kappa shape index (κ3) is 8.65. The number of nitrogens with one attached hydrogen (secondary N) is 1. The first-order valence-corrected chi connectivity index (χ1v) is 13.7. The van der Waals surface area contributed by atoms with Crippen molar-refractivity contribution in [3.63, 3.8) is 0 Å². The lowest BCUT2D eigenvalue weighted by atomic mass is 10.1. The van der Waals surface area contributed by atoms with Gasteiger partial charge in [0.25, 0.3) is 0 Å². The van der Waals surface area contributed by atoms with E-state index >= 15 is 0 Å². The van der Waals surface area contributed by atoms with Crippen molar-refractivity contribution in [2.24, 2.45) is 0 Å². The van der Waals surface area contributed by atoms with E-state index in [4.69, 9.17) is 0 Å². The predicted molar refractivity (Wildman–Crippen MR) is 137 cm³/mol. The van der Waals surface area contributed by atoms with E-state index in [1.807, 2.05) is 32.9 Å². The van der Waals surface area contributed by atoms with E-state index in [2.05, 4.69) is 5.32 Å². The lowest BCUT2D eigenvalue weighted by Crippen LogP contribution is -2.49. The molecular weight excluding hydrogens is 469 g/mol. The van der Waals surface area contributed by atoms with Gasteiger partial charge in [-0.3, -0.25) is 13.9 Å². The van der Waals surface area contributed by atoms with E-state index in [1.165, 1.54) is 21.3 Å². The third-order valence-corrected chi connectivity index (χ3v) is 7.10. The van der Waals surface area contributed by atoms with Gasteiger partial charge in [0.15, 0.2) is 0 Å². The van der Waals surface area contributed by atoms with Crippen molar-refractivity contribution in [2.45, 2.75) is 65.6 Å². The summed E-state index contributed by atoms with van der Waals surface area (Å²) < 4.78 is 39.4. The minimum absolute atomic E-state index is 0.0365. The van der Waals surface area contributed by atoms with Gasteiger partial charge in [-0.25, -0.2) is 12.8 Å². The molecule has 0 bridgehead atoms. The molecule has 7 nitrogen and oxygen atoms in total. The van der Waals surface area contributed by atoms with Crippen molar-refractivity contribution in [2.75, 3.05) is 17.1 Å². The van der Waals surface area contributed by atoms with Crippen LogP contribution in [0.4, 0.5) is 10.1 Å². The Balaban J connectivity index is 2.15. The normalized spacial score (nSPS) is 13.1. The van der Waals surface area contributed by atoms with E-state index in [0.29, 0.717) is 11.3 Å². The molecule has 0 heterocycles. The van der Waals surface area contributed by atoms with Crippen LogP contribution in [-0.4, -0.2) is 50.0 Å². The largest absolute Gasteiger partial charge is 0.352 e. The van der Waals surface area contributed by atoms with Gasteiger partial charge in [0.1, 0.15) is 11.9 Å². The number of benzene rings is 2. The van der Waals surface area contributed by atoms with E-state index in [-0.39, 0.29) is 49.6 Å². The standard InChI is InChI=1S/C26H36FN3O4S/c1-6-20(3)28-26(32)21(4)29(18-22-11-13-23(27)14-12-22)25(31)8-7-17-30(35(5,33)34)24-15-9-19(2)10-16-24/h9-16,20-21H,6-8,17-18H2,1-5H3,(H,28,32). The molecule has 0 saturated carbocycles. The number of hydrogen-bond acceptors (Lipinski definition) is 4. The summed E-state index contributed by atoms with van der Waals surface area (Å²) in [6.45, 7) is 7.70. The number of hydrogen-bond donors (Lipinski definition) is 1. The second-order valence-corrected chi connectivity index (χ2v) is 10.8. The molecule has 2 unspecified atom stereocenters. The minimum atomic E-state index is -3.54. The lowest BCUT2D eigenvalue weighted by Gasteiger charge is -2.30. The van der Waals surface area contributed by atoms with Gasteiger partial charge in [-0.15, -0.1) is 0 Å². The van der Waals surface area contributed by atoms with Crippen LogP contribution in [0.25, 0.3) is 0 Å². The van der Waals surface area contributed by atoms with Crippen molar-refractivity contribution < 1.29 is 22.4 Å². The zero-order chi connectivity index (χ0) is 26.2. The molecular formula is C26H36FN3O4S. The summed E-state index contributed by atoms with van der Waals surface area (Å²) in [4.78, 5) is 27.5. The number of rotatable bonds is 12. The topological polar surface area (TPSA) is 86.8 Å². The molecule has 0 aliphatic carbocycles. The zero-order valence-electron chi connectivity index (χ0n) is 21.1. The Morgan fingerprint density at radius 3 is 2.17 bits per heavy atom. The number of carbonyl (C=O) groups is 2. The highest BCUT2D eigenvalue weighted by atomic mass is 32.2. The molecule has 35 heavy (non-hydrogen) atoms. The monoisotopic (exact) mass is 505 g/mol. The molecule has 2 aromatic carbocycles. The van der Waals surface area contributed by atoms with Crippen LogP contribution < -0.4 is 9.62 Å². The first kappa shape index (κ1) is 28.3. The Hall–Kier alpha value is -2.94. The molecule has 2 atom stereocenters. The SMILES string of the molecule is CCC(C)NC(=O)C(C)N(Cc1ccc(F)cc1)C(=O)CCCN(c1ccc(C)cc1)S(C)(=O)=O. The molecule has 0 aromatic heterocycles. The quantitative estimate of drug-likeness (QED) is 0.472. The summed E-state index contributed by atoms with van der Waals surface area (Å²) in [7, 11) is -3.54. The molecule has 0 saturated heterocycles. The second kappa shape index (κ2) is 12.7. The molecule has 9 heteroatoms. The third-order valence-electron chi connectivity index (χ3n) is 5.91. The summed E-state index contributed by atoms with van der Waals surface area (Å²) in [5.74, 6) is -0.933. The molecule has 0 fully saturated rings. The van der Waals surface area contributed by atoms with Crippen LogP contribution in [0, 0.1) is 12.7 Å². The minimum Gasteiger partial charge on any atom is -0.352 e. The first-order chi connectivity index (χ1) is 16.4. The molecule has 2 amide bonds. The van der Waals surface area contributed by atoms with Gasteiger partial charge in [-0.1, -0.05) is 36.8 Å². The van der Waals surface area contributed by atoms with Gasteiger partial charge in [0.05, 0.1) is 11.9 Å². The van der Waals surface area contributed by atoms with Gasteiger partial charge >= 0.3 is 0 Å². The number of aryl methyl sites for hydroxylation is 1. The average molecular weight is 506 g/mol. The number of sulfonamides is 1. The van der Waals surface area contributed by atoms with E-state index < -0.39 is 16.1 Å². The van der Waals surface area contributed by atoms with Gasteiger partial charge in [0.2, 0.25) is 21.8 Å². The first-order valence-electron chi connectivity index (χ1n) is 11.8. The van der Waals surface area contributed by atoms with Crippen LogP contribution in [0.2, 0.25) is 0 Å². The molecule has 192 valence electrons. The highest BCUT2D eigenvalue weighted by Gasteiger charge is 2.27. The van der Waals surface area contributed by atoms with Gasteiger partial charge < -0.3 is 10.2 Å². The fraction of sp³-hybridized carbons (Fsp3) is 0.462. The summed E-state index contributed by atoms with van der Waals surface area (Å²) in [6.07, 6.45) is 2.22. The van der Waals surface area contributed by atoms with Crippen molar-refractivity contribution in [1.82, 2.24) is 10.2 Å². The van der Waals surface area contributed by atoms with Crippen molar-refractivity contribution in [3.05, 3.63) is 65.5 Å². The van der Waals surface area contributed by atoms with Crippen LogP contribution in [0.1, 0.15) is 51.2 Å². The highest BCUT2D eigenvalue weighted by molar-refractivity contribution is 7.92. The zero-order valence-corrected chi connectivity index (χ0v) is 21.9. The Labute approximate surface area is 208 Å². The Kier molecular flexibility index (Phi) is 10.2. The van der Waals surface area contributed by atoms with Crippen LogP contribution in [0.3, 0.4) is 0 Å². The van der Waals surface area contributed by atoms with Crippen molar-refractivity contribution in [1.29, 1.82) is 0 Å². The number of carbonyl (C=O) groups excluding carboxylic acids is 2. The highest BCUT2D eigenvalue weighted by Crippen LogP contribution is 2.20. The van der Waals surface area contributed by atoms with Crippen LogP contribution in [0.15, 0.2) is 48.5 Å². The van der Waals surface area contributed by atoms with Crippen LogP contribution in [-0.2, 0) is 26.2 Å². The van der Waals surface area contributed by atoms with Crippen molar-refractivity contribution in [3.8, 4) is 0 Å². The summed E-state index contributed by atoms with van der Waals surface area (Å²) in [5.41, 5.74) is 2.24. The van der Waals surface area contributed by atoms with Gasteiger partial charge in [0, 0.05) is 25.6 Å². The summed E-state index contributed by atoms with van der Waals surface area (Å²) in [6, 6.07) is 12.1. The number of nitrogens with zero attached hydrogens (tertiary/aromatic N) is 2. The van der Waals surface area contributed by atoms with E-state index in [0.717, 1.165) is 18.2 Å². The number of anilines is 1. The second-order valence-electron chi connectivity index (χ2n) is 8.92.